The number of rotatable bonds is 8. The molecule has 11 heteroatoms. The minimum Gasteiger partial charge on any atom is -0.543 e. The number of esters is 1. The molecular weight excluding hydrogens is 454 g/mol. The largest absolute Gasteiger partial charge is 0.543 e. The van der Waals surface area contributed by atoms with Gasteiger partial charge in [0.15, 0.2) is 0 Å². The van der Waals surface area contributed by atoms with Crippen LogP contribution in [-0.2, 0) is 25.7 Å². The van der Waals surface area contributed by atoms with E-state index in [1.807, 2.05) is 34.7 Å². The standard InChI is InChI=1S/C21H25N3O6S2/c1-5-30-13(26)6-7-22-9-23-8-12(32-20(23)19(22)31-4)14-10(2)16-15(11(3)25)18(27)24(16)17(14)21(28)29/h8-11,15-16,25H,5-7H2,1-4H3/t10-,11+,15+,16+/m0/s1. The predicted octanol–water partition coefficient (Wildman–Crippen LogP) is 0.282. The summed E-state index contributed by atoms with van der Waals surface area (Å²) < 4.78 is 8.89. The minimum atomic E-state index is -1.39. The summed E-state index contributed by atoms with van der Waals surface area (Å²) >= 11 is 2.97. The van der Waals surface area contributed by atoms with E-state index in [1.54, 1.807) is 13.8 Å². The number of carboxylic acid groups (broad SMARTS) is 1. The highest BCUT2D eigenvalue weighted by molar-refractivity contribution is 7.98. The highest BCUT2D eigenvalue weighted by Crippen LogP contribution is 2.51. The monoisotopic (exact) mass is 479 g/mol. The fraction of sp³-hybridized carbons (Fsp3) is 0.524. The van der Waals surface area contributed by atoms with Crippen molar-refractivity contribution in [2.24, 2.45) is 11.8 Å². The molecule has 0 bridgehead atoms. The lowest BCUT2D eigenvalue weighted by atomic mass is 9.77. The van der Waals surface area contributed by atoms with Gasteiger partial charge < -0.3 is 24.6 Å². The Bertz CT molecular complexity index is 1130. The number of amides is 1. The van der Waals surface area contributed by atoms with Gasteiger partial charge in [0.1, 0.15) is 12.7 Å². The number of imidazole rings is 1. The summed E-state index contributed by atoms with van der Waals surface area (Å²) in [5.74, 6) is -2.89. The lowest BCUT2D eigenvalue weighted by Crippen LogP contribution is -2.64. The Morgan fingerprint density at radius 2 is 2.16 bits per heavy atom. The number of nitrogens with zero attached hydrogens (tertiary/aromatic N) is 3. The number of carboxylic acids is 1. The Balaban J connectivity index is 1.71. The minimum absolute atomic E-state index is 0.102. The van der Waals surface area contributed by atoms with Crippen LogP contribution in [0.3, 0.4) is 0 Å². The van der Waals surface area contributed by atoms with Crippen molar-refractivity contribution < 1.29 is 33.7 Å². The number of ether oxygens (including phenoxy) is 1. The molecule has 172 valence electrons. The number of aliphatic hydroxyl groups excluding tert-OH is 1. The molecule has 1 fully saturated rings. The van der Waals surface area contributed by atoms with Gasteiger partial charge in [0.2, 0.25) is 15.8 Å². The van der Waals surface area contributed by atoms with Crippen LogP contribution in [0.15, 0.2) is 23.2 Å². The van der Waals surface area contributed by atoms with E-state index in [1.165, 1.54) is 28.0 Å². The van der Waals surface area contributed by atoms with Crippen LogP contribution in [0.5, 0.6) is 0 Å². The molecule has 0 unspecified atom stereocenters. The van der Waals surface area contributed by atoms with E-state index in [0.717, 1.165) is 14.7 Å². The fourth-order valence-electron chi connectivity index (χ4n) is 4.75. The van der Waals surface area contributed by atoms with Crippen molar-refractivity contribution in [3.63, 3.8) is 0 Å². The maximum Gasteiger partial charge on any atom is 0.309 e. The Kier molecular flexibility index (Phi) is 6.08. The van der Waals surface area contributed by atoms with Gasteiger partial charge in [0.05, 0.1) is 47.6 Å². The number of aliphatic hydroxyl groups is 1. The topological polar surface area (TPSA) is 116 Å². The Hall–Kier alpha value is -2.37. The van der Waals surface area contributed by atoms with Crippen LogP contribution in [0.4, 0.5) is 0 Å². The number of aliphatic carboxylic acids is 1. The predicted molar refractivity (Wildman–Crippen MR) is 115 cm³/mol. The van der Waals surface area contributed by atoms with E-state index in [9.17, 15) is 24.6 Å². The van der Waals surface area contributed by atoms with Crippen LogP contribution >= 0.6 is 23.1 Å². The van der Waals surface area contributed by atoms with E-state index < -0.39 is 18.0 Å². The quantitative estimate of drug-likeness (QED) is 0.250. The third-order valence-electron chi connectivity index (χ3n) is 6.09. The number of carbonyl (C=O) groups excluding carboxylic acids is 3. The van der Waals surface area contributed by atoms with Gasteiger partial charge in [-0.05, 0) is 20.1 Å². The van der Waals surface area contributed by atoms with Crippen molar-refractivity contribution in [2.75, 3.05) is 12.9 Å². The van der Waals surface area contributed by atoms with Gasteiger partial charge in [-0.25, -0.2) is 4.57 Å². The van der Waals surface area contributed by atoms with Crippen LogP contribution < -0.4 is 9.51 Å². The summed E-state index contributed by atoms with van der Waals surface area (Å²) in [4.78, 5) is 39.2. The number of fused-ring (bicyclic) bond motifs is 2. The van der Waals surface area contributed by atoms with Crippen molar-refractivity contribution >= 4 is 51.3 Å². The molecule has 2 aromatic rings. The number of thioether (sulfide) groups is 1. The molecule has 4 rings (SSSR count). The number of carbonyl (C=O) groups is 3. The second-order valence-electron chi connectivity index (χ2n) is 7.98. The van der Waals surface area contributed by atoms with Crippen LogP contribution in [-0.4, -0.2) is 57.4 Å². The van der Waals surface area contributed by atoms with E-state index in [2.05, 4.69) is 0 Å². The lowest BCUT2D eigenvalue weighted by Gasteiger charge is -2.47. The number of thiazole rings is 1. The summed E-state index contributed by atoms with van der Waals surface area (Å²) in [5.41, 5.74) is 0.458. The zero-order chi connectivity index (χ0) is 23.3. The maximum atomic E-state index is 12.6. The molecule has 1 amide bonds. The van der Waals surface area contributed by atoms with Crippen molar-refractivity contribution in [1.29, 1.82) is 0 Å². The Morgan fingerprint density at radius 1 is 1.44 bits per heavy atom. The third kappa shape index (κ3) is 3.43. The Morgan fingerprint density at radius 3 is 2.75 bits per heavy atom. The molecular formula is C21H25N3O6S2. The molecule has 4 heterocycles. The molecule has 0 aromatic carbocycles. The number of β-lactam (4-membered cyclic amide) rings is 1. The van der Waals surface area contributed by atoms with Crippen molar-refractivity contribution in [2.45, 2.75) is 50.9 Å². The van der Waals surface area contributed by atoms with Gasteiger partial charge in [-0.2, -0.15) is 4.40 Å². The molecule has 2 aromatic heterocycles. The summed E-state index contributed by atoms with van der Waals surface area (Å²) in [5, 5.41) is 23.0. The molecule has 0 aliphatic carbocycles. The molecule has 2 aliphatic rings. The van der Waals surface area contributed by atoms with E-state index in [4.69, 9.17) is 4.74 Å². The average Bonchev–Trinajstić information content (AvgIpc) is 3.33. The van der Waals surface area contributed by atoms with Gasteiger partial charge in [0, 0.05) is 11.5 Å². The molecule has 1 saturated heterocycles. The number of aromatic nitrogens is 2. The van der Waals surface area contributed by atoms with Gasteiger partial charge in [-0.15, -0.1) is 0 Å². The first-order chi connectivity index (χ1) is 15.2. The summed E-state index contributed by atoms with van der Waals surface area (Å²) in [6, 6.07) is -0.388. The number of hydrogen-bond acceptors (Lipinski definition) is 8. The molecule has 9 nitrogen and oxygen atoms in total. The van der Waals surface area contributed by atoms with E-state index >= 15 is 0 Å². The second kappa shape index (κ2) is 8.53. The van der Waals surface area contributed by atoms with Crippen molar-refractivity contribution in [3.8, 4) is 0 Å². The second-order valence-corrected chi connectivity index (χ2v) is 9.81. The fourth-order valence-corrected chi connectivity index (χ4v) is 6.95. The highest BCUT2D eigenvalue weighted by Gasteiger charge is 2.59. The zero-order valence-electron chi connectivity index (χ0n) is 18.2. The normalized spacial score (nSPS) is 23.5. The maximum absolute atomic E-state index is 12.6. The summed E-state index contributed by atoms with van der Waals surface area (Å²) in [6.45, 7) is 6.03. The molecule has 32 heavy (non-hydrogen) atoms. The third-order valence-corrected chi connectivity index (χ3v) is 8.18. The lowest BCUT2D eigenvalue weighted by molar-refractivity contribution is -0.508. The SMILES string of the molecule is CCOC(=O)CCn1c[n+]2cc(C3=C(C(=O)[O-])N4C(=O)[C@H]([C@@H](C)O)[C@H]4[C@H]3C)sc2c1SC. The van der Waals surface area contributed by atoms with Gasteiger partial charge in [0.25, 0.3) is 6.33 Å². The van der Waals surface area contributed by atoms with E-state index in [-0.39, 0.29) is 36.0 Å². The molecule has 1 N–H and O–H groups in total. The van der Waals surface area contributed by atoms with Gasteiger partial charge >= 0.3 is 5.97 Å². The molecule has 0 radical (unpaired) electrons. The molecule has 2 aliphatic heterocycles. The average molecular weight is 480 g/mol. The Labute approximate surface area is 193 Å². The molecule has 0 saturated carbocycles. The molecule has 4 atom stereocenters. The first kappa shape index (κ1) is 22.8. The van der Waals surface area contributed by atoms with Gasteiger partial charge in [-0.3, -0.25) is 9.59 Å². The van der Waals surface area contributed by atoms with E-state index in [0.29, 0.717) is 18.7 Å². The summed E-state index contributed by atoms with van der Waals surface area (Å²) in [6.07, 6.45) is 5.07. The van der Waals surface area contributed by atoms with Crippen molar-refractivity contribution in [1.82, 2.24) is 9.47 Å². The first-order valence-electron chi connectivity index (χ1n) is 10.4. The van der Waals surface area contributed by atoms with Crippen molar-refractivity contribution in [3.05, 3.63) is 23.1 Å². The smallest absolute Gasteiger partial charge is 0.309 e. The van der Waals surface area contributed by atoms with Crippen LogP contribution in [0.1, 0.15) is 32.1 Å². The molecule has 0 spiro atoms. The zero-order valence-corrected chi connectivity index (χ0v) is 19.9. The number of hydrogen-bond donors (Lipinski definition) is 1. The highest BCUT2D eigenvalue weighted by atomic mass is 32.2. The number of aryl methyl sites for hydroxylation is 1. The summed E-state index contributed by atoms with van der Waals surface area (Å²) in [7, 11) is 0. The van der Waals surface area contributed by atoms with Crippen LogP contribution in [0, 0.1) is 11.8 Å². The van der Waals surface area contributed by atoms with Crippen LogP contribution in [0.2, 0.25) is 0 Å². The van der Waals surface area contributed by atoms with Gasteiger partial charge in [-0.1, -0.05) is 30.0 Å². The van der Waals surface area contributed by atoms with Crippen LogP contribution in [0.25, 0.3) is 10.4 Å². The first-order valence-corrected chi connectivity index (χ1v) is 12.5.